The van der Waals surface area contributed by atoms with Crippen LogP contribution in [0.4, 0.5) is 0 Å². The lowest BCUT2D eigenvalue weighted by Gasteiger charge is -2.26. The minimum Gasteiger partial charge on any atom is -0.478 e. The fourth-order valence-corrected chi connectivity index (χ4v) is 3.33. The highest BCUT2D eigenvalue weighted by Gasteiger charge is 2.20. The van der Waals surface area contributed by atoms with E-state index >= 15 is 0 Å². The van der Waals surface area contributed by atoms with Gasteiger partial charge in [-0.1, -0.05) is 36.4 Å². The summed E-state index contributed by atoms with van der Waals surface area (Å²) in [5.74, 6) is -1.54. The van der Waals surface area contributed by atoms with Gasteiger partial charge in [-0.25, -0.2) is 4.79 Å². The molecule has 2 aromatic rings. The van der Waals surface area contributed by atoms with E-state index in [-0.39, 0.29) is 18.0 Å². The van der Waals surface area contributed by atoms with Crippen LogP contribution < -0.4 is 5.32 Å². The van der Waals surface area contributed by atoms with Gasteiger partial charge in [-0.2, -0.15) is 0 Å². The number of benzene rings is 2. The second kappa shape index (κ2) is 8.49. The van der Waals surface area contributed by atoms with Crippen molar-refractivity contribution in [3.63, 3.8) is 0 Å². The molecule has 1 saturated heterocycles. The number of nitrogens with zero attached hydrogens (tertiary/aromatic N) is 1. The van der Waals surface area contributed by atoms with E-state index in [1.165, 1.54) is 6.07 Å². The summed E-state index contributed by atoms with van der Waals surface area (Å²) in [6, 6.07) is 13.4. The first kappa shape index (κ1) is 18.6. The molecule has 27 heavy (non-hydrogen) atoms. The molecule has 0 unspecified atom stereocenters. The third-order valence-electron chi connectivity index (χ3n) is 4.73. The van der Waals surface area contributed by atoms with Crippen LogP contribution >= 0.6 is 0 Å². The number of rotatable bonds is 5. The van der Waals surface area contributed by atoms with Crippen LogP contribution in [0.25, 0.3) is 11.1 Å². The van der Waals surface area contributed by atoms with Crippen molar-refractivity contribution in [1.82, 2.24) is 10.2 Å². The van der Waals surface area contributed by atoms with Gasteiger partial charge in [0.1, 0.15) is 0 Å². The highest BCUT2D eigenvalue weighted by molar-refractivity contribution is 6.05. The topological polar surface area (TPSA) is 86.7 Å². The van der Waals surface area contributed by atoms with E-state index in [1.54, 1.807) is 47.4 Å². The molecule has 6 heteroatoms. The Balaban J connectivity index is 1.79. The first-order valence-corrected chi connectivity index (χ1v) is 9.05. The van der Waals surface area contributed by atoms with Gasteiger partial charge in [-0.15, -0.1) is 0 Å². The predicted octanol–water partition coefficient (Wildman–Crippen LogP) is 2.79. The number of likely N-dealkylation sites (tertiary alicyclic amines) is 1. The Hall–Kier alpha value is -3.15. The van der Waals surface area contributed by atoms with Gasteiger partial charge in [0.25, 0.3) is 5.91 Å². The number of carbonyl (C=O) groups excluding carboxylic acids is 2. The molecule has 1 aliphatic heterocycles. The molecule has 6 nitrogen and oxygen atoms in total. The zero-order valence-electron chi connectivity index (χ0n) is 15.0. The average molecular weight is 366 g/mol. The lowest BCUT2D eigenvalue weighted by molar-refractivity contribution is -0.130. The Bertz CT molecular complexity index is 857. The third kappa shape index (κ3) is 4.34. The fraction of sp³-hybridized carbons (Fsp3) is 0.286. The maximum absolute atomic E-state index is 12.7. The van der Waals surface area contributed by atoms with Crippen LogP contribution in [0.3, 0.4) is 0 Å². The number of nitrogens with one attached hydrogen (secondary N) is 1. The van der Waals surface area contributed by atoms with E-state index in [0.29, 0.717) is 16.7 Å². The van der Waals surface area contributed by atoms with Crippen LogP contribution in [0.15, 0.2) is 48.5 Å². The van der Waals surface area contributed by atoms with Crippen LogP contribution in [0, 0.1) is 0 Å². The van der Waals surface area contributed by atoms with Crippen molar-refractivity contribution in [3.8, 4) is 11.1 Å². The summed E-state index contributed by atoms with van der Waals surface area (Å²) in [6.07, 6.45) is 3.12. The molecular weight excluding hydrogens is 344 g/mol. The summed E-state index contributed by atoms with van der Waals surface area (Å²) in [5.41, 5.74) is 1.47. The normalized spacial score (nSPS) is 13.9. The standard InChI is InChI=1S/C21H22N2O4/c24-19(23-12-6-1-7-13-23)14-22-20(25)17-10-4-2-8-15(17)16-9-3-5-11-18(16)21(26)27/h2-5,8-11H,1,6-7,12-14H2,(H,22,25)(H,26,27). The van der Waals surface area contributed by atoms with Crippen LogP contribution in [-0.2, 0) is 4.79 Å². The van der Waals surface area contributed by atoms with Gasteiger partial charge in [-0.05, 0) is 42.5 Å². The molecule has 0 aliphatic carbocycles. The number of aromatic carboxylic acids is 1. The molecule has 1 fully saturated rings. The molecule has 2 N–H and O–H groups in total. The molecule has 2 amide bonds. The van der Waals surface area contributed by atoms with Gasteiger partial charge in [0, 0.05) is 18.7 Å². The lowest BCUT2D eigenvalue weighted by atomic mass is 9.95. The van der Waals surface area contributed by atoms with Crippen molar-refractivity contribution in [2.24, 2.45) is 0 Å². The zero-order chi connectivity index (χ0) is 19.2. The van der Waals surface area contributed by atoms with E-state index in [2.05, 4.69) is 5.32 Å². The summed E-state index contributed by atoms with van der Waals surface area (Å²) >= 11 is 0. The monoisotopic (exact) mass is 366 g/mol. The van der Waals surface area contributed by atoms with Crippen LogP contribution in [0.2, 0.25) is 0 Å². The first-order chi connectivity index (χ1) is 13.1. The van der Waals surface area contributed by atoms with E-state index in [0.717, 1.165) is 32.4 Å². The number of carboxylic acids is 1. The van der Waals surface area contributed by atoms with E-state index in [9.17, 15) is 19.5 Å². The Labute approximate surface area is 157 Å². The van der Waals surface area contributed by atoms with Gasteiger partial charge in [0.15, 0.2) is 0 Å². The largest absolute Gasteiger partial charge is 0.478 e. The Morgan fingerprint density at radius 2 is 1.41 bits per heavy atom. The van der Waals surface area contributed by atoms with E-state index < -0.39 is 11.9 Å². The van der Waals surface area contributed by atoms with Gasteiger partial charge in [0.2, 0.25) is 5.91 Å². The summed E-state index contributed by atoms with van der Waals surface area (Å²) in [5, 5.41) is 12.1. The molecule has 140 valence electrons. The lowest BCUT2D eigenvalue weighted by Crippen LogP contribution is -2.42. The fourth-order valence-electron chi connectivity index (χ4n) is 3.33. The quantitative estimate of drug-likeness (QED) is 0.852. The zero-order valence-corrected chi connectivity index (χ0v) is 15.0. The van der Waals surface area contributed by atoms with Crippen molar-refractivity contribution >= 4 is 17.8 Å². The highest BCUT2D eigenvalue weighted by atomic mass is 16.4. The van der Waals surface area contributed by atoms with Gasteiger partial charge < -0.3 is 15.3 Å². The molecule has 1 heterocycles. The summed E-state index contributed by atoms with van der Waals surface area (Å²) < 4.78 is 0. The number of piperidine rings is 1. The molecule has 0 bridgehead atoms. The highest BCUT2D eigenvalue weighted by Crippen LogP contribution is 2.27. The number of carboxylic acid groups (broad SMARTS) is 1. The summed E-state index contributed by atoms with van der Waals surface area (Å²) in [6.45, 7) is 1.41. The Morgan fingerprint density at radius 1 is 0.852 bits per heavy atom. The van der Waals surface area contributed by atoms with Gasteiger partial charge in [-0.3, -0.25) is 9.59 Å². The summed E-state index contributed by atoms with van der Waals surface area (Å²) in [4.78, 5) is 38.2. The van der Waals surface area contributed by atoms with Crippen LogP contribution in [-0.4, -0.2) is 47.4 Å². The van der Waals surface area contributed by atoms with Gasteiger partial charge >= 0.3 is 5.97 Å². The molecular formula is C21H22N2O4. The molecule has 1 aliphatic rings. The van der Waals surface area contributed by atoms with Crippen molar-refractivity contribution in [2.75, 3.05) is 19.6 Å². The van der Waals surface area contributed by atoms with Gasteiger partial charge in [0.05, 0.1) is 12.1 Å². The van der Waals surface area contributed by atoms with E-state index in [4.69, 9.17) is 0 Å². The Kier molecular flexibility index (Phi) is 5.86. The SMILES string of the molecule is O=C(O)c1ccccc1-c1ccccc1C(=O)NCC(=O)N1CCCCC1. The first-order valence-electron chi connectivity index (χ1n) is 9.05. The second-order valence-electron chi connectivity index (χ2n) is 6.52. The smallest absolute Gasteiger partial charge is 0.336 e. The summed E-state index contributed by atoms with van der Waals surface area (Å²) in [7, 11) is 0. The van der Waals surface area contributed by atoms with E-state index in [1.807, 2.05) is 0 Å². The number of hydrogen-bond acceptors (Lipinski definition) is 3. The molecule has 3 rings (SSSR count). The maximum Gasteiger partial charge on any atom is 0.336 e. The predicted molar refractivity (Wildman–Crippen MR) is 102 cm³/mol. The minimum atomic E-state index is -1.05. The number of amides is 2. The molecule has 0 saturated carbocycles. The van der Waals surface area contributed by atoms with Crippen molar-refractivity contribution < 1.29 is 19.5 Å². The van der Waals surface area contributed by atoms with Crippen LogP contribution in [0.5, 0.6) is 0 Å². The van der Waals surface area contributed by atoms with Crippen LogP contribution in [0.1, 0.15) is 40.0 Å². The van der Waals surface area contributed by atoms with Crippen molar-refractivity contribution in [3.05, 3.63) is 59.7 Å². The third-order valence-corrected chi connectivity index (χ3v) is 4.73. The molecule has 0 radical (unpaired) electrons. The van der Waals surface area contributed by atoms with Crippen molar-refractivity contribution in [2.45, 2.75) is 19.3 Å². The minimum absolute atomic E-state index is 0.0618. The molecule has 2 aromatic carbocycles. The maximum atomic E-state index is 12.7. The molecule has 0 spiro atoms. The average Bonchev–Trinajstić information content (AvgIpc) is 2.72. The van der Waals surface area contributed by atoms with Crippen molar-refractivity contribution in [1.29, 1.82) is 0 Å². The Morgan fingerprint density at radius 3 is 2.04 bits per heavy atom. The molecule has 0 aromatic heterocycles. The number of carbonyl (C=O) groups is 3. The number of hydrogen-bond donors (Lipinski definition) is 2. The second-order valence-corrected chi connectivity index (χ2v) is 6.52. The molecule has 0 atom stereocenters.